The quantitative estimate of drug-likeness (QED) is 0.676. The lowest BCUT2D eigenvalue weighted by Crippen LogP contribution is -2.47. The van der Waals surface area contributed by atoms with E-state index < -0.39 is 0 Å². The van der Waals surface area contributed by atoms with Crippen molar-refractivity contribution in [2.24, 2.45) is 0 Å². The summed E-state index contributed by atoms with van der Waals surface area (Å²) in [4.78, 5) is 38.1. The van der Waals surface area contributed by atoms with Gasteiger partial charge in [0.25, 0.3) is 5.91 Å². The minimum Gasteiger partial charge on any atom is -0.378 e. The van der Waals surface area contributed by atoms with Gasteiger partial charge in [-0.1, -0.05) is 19.9 Å². The van der Waals surface area contributed by atoms with Crippen molar-refractivity contribution < 1.29 is 19.1 Å². The van der Waals surface area contributed by atoms with Crippen LogP contribution in [-0.2, 0) is 14.3 Å². The molecule has 0 aromatic carbocycles. The monoisotopic (exact) mass is 446 g/mol. The number of morpholine rings is 2. The second-order valence-electron chi connectivity index (χ2n) is 7.77. The van der Waals surface area contributed by atoms with E-state index in [4.69, 9.17) is 9.47 Å². The molecule has 2 saturated heterocycles. The van der Waals surface area contributed by atoms with Crippen LogP contribution in [0.25, 0.3) is 10.2 Å². The molecule has 0 radical (unpaired) electrons. The molecule has 2 amide bonds. The fourth-order valence-electron chi connectivity index (χ4n) is 4.13. The molecule has 1 atom stereocenters. The average molecular weight is 447 g/mol. The van der Waals surface area contributed by atoms with E-state index in [1.165, 1.54) is 11.3 Å². The number of carbonyl (C=O) groups excluding carboxylic acids is 2. The SMILES string of the molecule is CCN(CC)CC(=O)N1CCO[C@@H](c2c(C(=O)N3CCOCC3)sc3ncccc23)C1. The third-order valence-corrected chi connectivity index (χ3v) is 7.11. The first-order chi connectivity index (χ1) is 15.1. The van der Waals surface area contributed by atoms with Gasteiger partial charge in [-0.05, 0) is 19.2 Å². The van der Waals surface area contributed by atoms with Crippen LogP contribution in [0.3, 0.4) is 0 Å². The molecule has 168 valence electrons. The van der Waals surface area contributed by atoms with Gasteiger partial charge in [-0.3, -0.25) is 14.5 Å². The van der Waals surface area contributed by atoms with Crippen molar-refractivity contribution >= 4 is 33.4 Å². The van der Waals surface area contributed by atoms with Gasteiger partial charge in [0, 0.05) is 36.8 Å². The van der Waals surface area contributed by atoms with E-state index in [2.05, 4.69) is 23.7 Å². The van der Waals surface area contributed by atoms with E-state index in [1.54, 1.807) is 6.20 Å². The minimum atomic E-state index is -0.340. The van der Waals surface area contributed by atoms with Gasteiger partial charge in [-0.15, -0.1) is 11.3 Å². The van der Waals surface area contributed by atoms with Crippen molar-refractivity contribution in [2.75, 3.05) is 65.6 Å². The molecular weight excluding hydrogens is 416 g/mol. The molecule has 8 nitrogen and oxygen atoms in total. The second-order valence-corrected chi connectivity index (χ2v) is 8.77. The minimum absolute atomic E-state index is 0.00325. The summed E-state index contributed by atoms with van der Waals surface area (Å²) >= 11 is 1.41. The maximum absolute atomic E-state index is 13.4. The van der Waals surface area contributed by atoms with Crippen LogP contribution in [0.1, 0.15) is 35.2 Å². The Kier molecular flexibility index (Phi) is 7.16. The van der Waals surface area contributed by atoms with Crippen molar-refractivity contribution in [1.29, 1.82) is 0 Å². The Morgan fingerprint density at radius 3 is 2.65 bits per heavy atom. The van der Waals surface area contributed by atoms with Gasteiger partial charge >= 0.3 is 0 Å². The number of hydrogen-bond donors (Lipinski definition) is 0. The zero-order valence-electron chi connectivity index (χ0n) is 18.2. The highest BCUT2D eigenvalue weighted by Gasteiger charge is 2.33. The van der Waals surface area contributed by atoms with Gasteiger partial charge in [0.05, 0.1) is 32.9 Å². The number of carbonyl (C=O) groups is 2. The molecule has 31 heavy (non-hydrogen) atoms. The summed E-state index contributed by atoms with van der Waals surface area (Å²) in [6, 6.07) is 3.87. The lowest BCUT2D eigenvalue weighted by atomic mass is 10.0. The van der Waals surface area contributed by atoms with Crippen LogP contribution in [0.15, 0.2) is 18.3 Å². The molecule has 0 saturated carbocycles. The molecule has 0 unspecified atom stereocenters. The summed E-state index contributed by atoms with van der Waals surface area (Å²) in [5.41, 5.74) is 0.866. The number of amides is 2. The van der Waals surface area contributed by atoms with Crippen molar-refractivity contribution in [3.05, 3.63) is 28.8 Å². The van der Waals surface area contributed by atoms with Crippen LogP contribution in [0, 0.1) is 0 Å². The molecule has 2 aliphatic rings. The number of hydrogen-bond acceptors (Lipinski definition) is 7. The Bertz CT molecular complexity index is 923. The molecule has 2 aromatic heterocycles. The summed E-state index contributed by atoms with van der Waals surface area (Å²) in [5, 5.41) is 0.937. The standard InChI is InChI=1S/C22H30N4O4S/c1-3-24(4-2)15-18(27)26-10-13-30-17(14-26)19-16-6-5-7-23-21(16)31-20(19)22(28)25-8-11-29-12-9-25/h5-7,17H,3-4,8-15H2,1-2H3/t17-/m1/s1. The number of rotatable bonds is 6. The van der Waals surface area contributed by atoms with Gasteiger partial charge in [0.1, 0.15) is 15.8 Å². The topological polar surface area (TPSA) is 75.2 Å². The third kappa shape index (κ3) is 4.74. The molecule has 2 aromatic rings. The summed E-state index contributed by atoms with van der Waals surface area (Å²) in [6.45, 7) is 9.97. The van der Waals surface area contributed by atoms with Gasteiger partial charge < -0.3 is 19.3 Å². The summed E-state index contributed by atoms with van der Waals surface area (Å²) in [5.74, 6) is 0.104. The Balaban J connectivity index is 1.61. The Hall–Kier alpha value is -2.07. The van der Waals surface area contributed by atoms with Gasteiger partial charge in [0.15, 0.2) is 0 Å². The van der Waals surface area contributed by atoms with E-state index in [9.17, 15) is 9.59 Å². The van der Waals surface area contributed by atoms with Crippen molar-refractivity contribution in [1.82, 2.24) is 19.7 Å². The first-order valence-electron chi connectivity index (χ1n) is 11.0. The number of nitrogens with zero attached hydrogens (tertiary/aromatic N) is 4. The van der Waals surface area contributed by atoms with Crippen molar-refractivity contribution in [3.63, 3.8) is 0 Å². The predicted molar refractivity (Wildman–Crippen MR) is 119 cm³/mol. The number of thiophene rings is 1. The Morgan fingerprint density at radius 2 is 1.90 bits per heavy atom. The zero-order valence-corrected chi connectivity index (χ0v) is 19.0. The number of fused-ring (bicyclic) bond motifs is 1. The Labute approximate surface area is 186 Å². The van der Waals surface area contributed by atoms with E-state index in [-0.39, 0.29) is 17.9 Å². The maximum Gasteiger partial charge on any atom is 0.264 e. The van der Waals surface area contributed by atoms with Crippen LogP contribution in [0.4, 0.5) is 0 Å². The number of aromatic nitrogens is 1. The highest BCUT2D eigenvalue weighted by molar-refractivity contribution is 7.20. The molecule has 4 heterocycles. The molecule has 0 spiro atoms. The first kappa shape index (κ1) is 22.1. The summed E-state index contributed by atoms with van der Waals surface area (Å²) in [6.07, 6.45) is 1.40. The zero-order chi connectivity index (χ0) is 21.8. The third-order valence-electron chi connectivity index (χ3n) is 5.99. The van der Waals surface area contributed by atoms with Crippen LogP contribution in [-0.4, -0.2) is 97.1 Å². The highest BCUT2D eigenvalue weighted by atomic mass is 32.1. The predicted octanol–water partition coefficient (Wildman–Crippen LogP) is 2.01. The van der Waals surface area contributed by atoms with Crippen molar-refractivity contribution in [2.45, 2.75) is 20.0 Å². The number of pyridine rings is 1. The second kappa shape index (κ2) is 10.0. The highest BCUT2D eigenvalue weighted by Crippen LogP contribution is 2.38. The molecule has 0 N–H and O–H groups in total. The van der Waals surface area contributed by atoms with Crippen LogP contribution < -0.4 is 0 Å². The van der Waals surface area contributed by atoms with E-state index in [0.29, 0.717) is 57.4 Å². The summed E-state index contributed by atoms with van der Waals surface area (Å²) < 4.78 is 11.5. The molecule has 4 rings (SSSR count). The molecule has 9 heteroatoms. The van der Waals surface area contributed by atoms with Crippen LogP contribution in [0.5, 0.6) is 0 Å². The normalized spacial score (nSPS) is 19.9. The number of likely N-dealkylation sites (N-methyl/N-ethyl adjacent to an activating group) is 1. The molecule has 0 bridgehead atoms. The Morgan fingerprint density at radius 1 is 1.16 bits per heavy atom. The van der Waals surface area contributed by atoms with Gasteiger partial charge in [-0.2, -0.15) is 0 Å². The molecule has 2 aliphatic heterocycles. The largest absolute Gasteiger partial charge is 0.378 e. The number of ether oxygens (including phenoxy) is 2. The first-order valence-corrected chi connectivity index (χ1v) is 11.8. The van der Waals surface area contributed by atoms with Crippen molar-refractivity contribution in [3.8, 4) is 0 Å². The molecule has 2 fully saturated rings. The van der Waals surface area contributed by atoms with Crippen LogP contribution in [0.2, 0.25) is 0 Å². The molecule has 0 aliphatic carbocycles. The fourth-order valence-corrected chi connectivity index (χ4v) is 5.29. The van der Waals surface area contributed by atoms with E-state index in [0.717, 1.165) is 28.9 Å². The lowest BCUT2D eigenvalue weighted by molar-refractivity contribution is -0.140. The van der Waals surface area contributed by atoms with E-state index >= 15 is 0 Å². The van der Waals surface area contributed by atoms with Gasteiger partial charge in [-0.25, -0.2) is 4.98 Å². The lowest BCUT2D eigenvalue weighted by Gasteiger charge is -2.35. The molecular formula is C22H30N4O4S. The average Bonchev–Trinajstić information content (AvgIpc) is 3.22. The van der Waals surface area contributed by atoms with E-state index in [1.807, 2.05) is 21.9 Å². The maximum atomic E-state index is 13.4. The smallest absolute Gasteiger partial charge is 0.264 e. The van der Waals surface area contributed by atoms with Crippen LogP contribution >= 0.6 is 11.3 Å². The fraction of sp³-hybridized carbons (Fsp3) is 0.591. The summed E-state index contributed by atoms with van der Waals surface area (Å²) in [7, 11) is 0. The van der Waals surface area contributed by atoms with Gasteiger partial charge in [0.2, 0.25) is 5.91 Å².